The van der Waals surface area contributed by atoms with Crippen LogP contribution in [-0.4, -0.2) is 20.5 Å². The summed E-state index contributed by atoms with van der Waals surface area (Å²) < 4.78 is 2.00. The summed E-state index contributed by atoms with van der Waals surface area (Å²) in [5, 5.41) is 8.24. The summed E-state index contributed by atoms with van der Waals surface area (Å²) in [5.74, 6) is 3.03. The molecule has 1 heterocycles. The Morgan fingerprint density at radius 1 is 1.40 bits per heavy atom. The molecule has 15 heavy (non-hydrogen) atoms. The van der Waals surface area contributed by atoms with Gasteiger partial charge in [-0.3, -0.25) is 4.79 Å². The third kappa shape index (κ3) is 1.80. The normalized spacial score (nSPS) is 27.0. The first kappa shape index (κ1) is 10.3. The van der Waals surface area contributed by atoms with Crippen LogP contribution < -0.4 is 0 Å². The van der Waals surface area contributed by atoms with Gasteiger partial charge in [-0.2, -0.15) is 0 Å². The summed E-state index contributed by atoms with van der Waals surface area (Å²) in [7, 11) is 1.97. The molecule has 0 spiro atoms. The molecule has 82 valence electrons. The zero-order valence-electron chi connectivity index (χ0n) is 9.53. The summed E-state index contributed by atoms with van der Waals surface area (Å²) in [5.41, 5.74) is 0. The standard InChI is InChI=1S/C11H17N3O/c1-7-4-5-9(15)6-10(7)11-13-12-8(2)14(11)3/h7,10H,4-6H2,1-3H3. The van der Waals surface area contributed by atoms with Crippen molar-refractivity contribution in [2.24, 2.45) is 13.0 Å². The van der Waals surface area contributed by atoms with Crippen LogP contribution >= 0.6 is 0 Å². The van der Waals surface area contributed by atoms with Gasteiger partial charge in [-0.25, -0.2) is 0 Å². The number of hydrogen-bond donors (Lipinski definition) is 0. The third-order valence-electron chi connectivity index (χ3n) is 3.47. The molecule has 1 fully saturated rings. The van der Waals surface area contributed by atoms with Gasteiger partial charge in [0.05, 0.1) is 0 Å². The van der Waals surface area contributed by atoms with Crippen LogP contribution in [0.2, 0.25) is 0 Å². The van der Waals surface area contributed by atoms with Crippen LogP contribution in [0.4, 0.5) is 0 Å². The van der Waals surface area contributed by atoms with Gasteiger partial charge in [-0.1, -0.05) is 6.92 Å². The molecule has 1 saturated carbocycles. The molecule has 0 aliphatic heterocycles. The van der Waals surface area contributed by atoms with Gasteiger partial charge in [-0.15, -0.1) is 10.2 Å². The highest BCUT2D eigenvalue weighted by Crippen LogP contribution is 2.34. The molecular formula is C11H17N3O. The molecule has 2 atom stereocenters. The minimum atomic E-state index is 0.262. The van der Waals surface area contributed by atoms with Crippen molar-refractivity contribution in [3.63, 3.8) is 0 Å². The van der Waals surface area contributed by atoms with E-state index in [-0.39, 0.29) is 5.92 Å². The van der Waals surface area contributed by atoms with Gasteiger partial charge in [0.25, 0.3) is 0 Å². The maximum atomic E-state index is 11.5. The molecular weight excluding hydrogens is 190 g/mol. The SMILES string of the molecule is Cc1nnc(C2CC(=O)CCC2C)n1C. The maximum absolute atomic E-state index is 11.5. The maximum Gasteiger partial charge on any atom is 0.136 e. The molecule has 2 unspecified atom stereocenters. The first-order valence-corrected chi connectivity index (χ1v) is 5.47. The number of rotatable bonds is 1. The van der Waals surface area contributed by atoms with Gasteiger partial charge < -0.3 is 4.57 Å². The minimum Gasteiger partial charge on any atom is -0.318 e. The molecule has 1 aromatic rings. The Balaban J connectivity index is 2.28. The summed E-state index contributed by atoms with van der Waals surface area (Å²) in [6.45, 7) is 4.13. The molecule has 0 amide bonds. The number of hydrogen-bond acceptors (Lipinski definition) is 3. The molecule has 1 aromatic heterocycles. The minimum absolute atomic E-state index is 0.262. The van der Waals surface area contributed by atoms with Gasteiger partial charge in [0.15, 0.2) is 0 Å². The largest absolute Gasteiger partial charge is 0.318 e. The number of nitrogens with zero attached hydrogens (tertiary/aromatic N) is 3. The number of Topliss-reactive ketones (excluding diaryl/α,β-unsaturated/α-hetero) is 1. The average molecular weight is 207 g/mol. The monoisotopic (exact) mass is 207 g/mol. The highest BCUT2D eigenvalue weighted by atomic mass is 16.1. The van der Waals surface area contributed by atoms with Crippen LogP contribution in [0, 0.1) is 12.8 Å². The van der Waals surface area contributed by atoms with E-state index in [0.29, 0.717) is 18.1 Å². The highest BCUT2D eigenvalue weighted by Gasteiger charge is 2.30. The molecule has 0 saturated heterocycles. The van der Waals surface area contributed by atoms with Crippen LogP contribution in [0.5, 0.6) is 0 Å². The van der Waals surface area contributed by atoms with Crippen molar-refractivity contribution in [3.05, 3.63) is 11.6 Å². The van der Waals surface area contributed by atoms with E-state index in [0.717, 1.165) is 24.5 Å². The summed E-state index contributed by atoms with van der Waals surface area (Å²) in [6.07, 6.45) is 2.34. The van der Waals surface area contributed by atoms with Gasteiger partial charge in [0.1, 0.15) is 17.4 Å². The number of ketones is 1. The highest BCUT2D eigenvalue weighted by molar-refractivity contribution is 5.80. The average Bonchev–Trinajstić information content (AvgIpc) is 2.52. The molecule has 0 aromatic carbocycles. The van der Waals surface area contributed by atoms with Crippen molar-refractivity contribution in [3.8, 4) is 0 Å². The fraction of sp³-hybridized carbons (Fsp3) is 0.727. The first-order valence-electron chi connectivity index (χ1n) is 5.47. The van der Waals surface area contributed by atoms with E-state index in [1.165, 1.54) is 0 Å². The molecule has 0 N–H and O–H groups in total. The van der Waals surface area contributed by atoms with Crippen LogP contribution in [0.3, 0.4) is 0 Å². The van der Waals surface area contributed by atoms with Crippen LogP contribution in [0.15, 0.2) is 0 Å². The van der Waals surface area contributed by atoms with Gasteiger partial charge in [-0.05, 0) is 19.3 Å². The Morgan fingerprint density at radius 2 is 2.13 bits per heavy atom. The van der Waals surface area contributed by atoms with E-state index in [1.54, 1.807) is 0 Å². The Kier molecular flexibility index (Phi) is 2.59. The van der Waals surface area contributed by atoms with E-state index in [9.17, 15) is 4.79 Å². The second-order valence-corrected chi connectivity index (χ2v) is 4.53. The van der Waals surface area contributed by atoms with E-state index < -0.39 is 0 Å². The Labute approximate surface area is 89.7 Å². The summed E-state index contributed by atoms with van der Waals surface area (Å²) in [6, 6.07) is 0. The molecule has 1 aliphatic carbocycles. The Bertz CT molecular complexity index is 383. The Hall–Kier alpha value is -1.19. The molecule has 4 nitrogen and oxygen atoms in total. The van der Waals surface area contributed by atoms with Crippen molar-refractivity contribution in [1.29, 1.82) is 0 Å². The van der Waals surface area contributed by atoms with Crippen LogP contribution in [0.1, 0.15) is 43.8 Å². The van der Waals surface area contributed by atoms with E-state index in [2.05, 4.69) is 17.1 Å². The summed E-state index contributed by atoms with van der Waals surface area (Å²) >= 11 is 0. The predicted molar refractivity (Wildman–Crippen MR) is 56.5 cm³/mol. The zero-order chi connectivity index (χ0) is 11.0. The molecule has 2 rings (SSSR count). The fourth-order valence-electron chi connectivity index (χ4n) is 2.23. The molecule has 0 radical (unpaired) electrons. The molecule has 1 aliphatic rings. The van der Waals surface area contributed by atoms with Crippen molar-refractivity contribution < 1.29 is 4.79 Å². The van der Waals surface area contributed by atoms with Gasteiger partial charge in [0.2, 0.25) is 0 Å². The van der Waals surface area contributed by atoms with E-state index in [1.807, 2.05) is 18.5 Å². The van der Waals surface area contributed by atoms with Crippen LogP contribution in [0.25, 0.3) is 0 Å². The fourth-order valence-corrected chi connectivity index (χ4v) is 2.23. The van der Waals surface area contributed by atoms with Crippen molar-refractivity contribution in [1.82, 2.24) is 14.8 Å². The van der Waals surface area contributed by atoms with Crippen molar-refractivity contribution in [2.75, 3.05) is 0 Å². The quantitative estimate of drug-likeness (QED) is 0.702. The van der Waals surface area contributed by atoms with Crippen molar-refractivity contribution in [2.45, 2.75) is 39.0 Å². The topological polar surface area (TPSA) is 47.8 Å². The molecule has 0 bridgehead atoms. The second-order valence-electron chi connectivity index (χ2n) is 4.53. The lowest BCUT2D eigenvalue weighted by Gasteiger charge is -2.26. The third-order valence-corrected chi connectivity index (χ3v) is 3.47. The number of carbonyl (C=O) groups is 1. The second kappa shape index (κ2) is 3.76. The lowest BCUT2D eigenvalue weighted by molar-refractivity contribution is -0.121. The first-order chi connectivity index (χ1) is 7.09. The van der Waals surface area contributed by atoms with E-state index in [4.69, 9.17) is 0 Å². The predicted octanol–water partition coefficient (Wildman–Crippen LogP) is 1.60. The number of aromatic nitrogens is 3. The lowest BCUT2D eigenvalue weighted by Crippen LogP contribution is -2.23. The number of aryl methyl sites for hydroxylation is 1. The summed E-state index contributed by atoms with van der Waals surface area (Å²) in [4.78, 5) is 11.5. The Morgan fingerprint density at radius 3 is 2.73 bits per heavy atom. The zero-order valence-corrected chi connectivity index (χ0v) is 9.53. The smallest absolute Gasteiger partial charge is 0.136 e. The number of carbonyl (C=O) groups excluding carboxylic acids is 1. The van der Waals surface area contributed by atoms with Gasteiger partial charge in [0, 0.05) is 25.8 Å². The van der Waals surface area contributed by atoms with Crippen LogP contribution in [-0.2, 0) is 11.8 Å². The van der Waals surface area contributed by atoms with Crippen molar-refractivity contribution >= 4 is 5.78 Å². The van der Waals surface area contributed by atoms with E-state index >= 15 is 0 Å². The van der Waals surface area contributed by atoms with Gasteiger partial charge >= 0.3 is 0 Å². The molecule has 4 heteroatoms. The lowest BCUT2D eigenvalue weighted by atomic mass is 9.79.